The number of ether oxygens (including phenoxy) is 1. The Hall–Kier alpha value is -1.61. The molecular weight excluding hydrogens is 330 g/mol. The van der Waals surface area contributed by atoms with Gasteiger partial charge < -0.3 is 4.74 Å². The Bertz CT molecular complexity index is 736. The van der Waals surface area contributed by atoms with Crippen LogP contribution in [0, 0.1) is 0 Å². The first kappa shape index (κ1) is 18.2. The highest BCUT2D eigenvalue weighted by atomic mass is 35.5. The molecule has 0 N–H and O–H groups in total. The molecule has 1 heterocycles. The largest absolute Gasteiger partial charge is 0.379 e. The summed E-state index contributed by atoms with van der Waals surface area (Å²) in [4.78, 5) is 2.49. The lowest BCUT2D eigenvalue weighted by atomic mass is 10.0. The van der Waals surface area contributed by atoms with Gasteiger partial charge in [-0.15, -0.1) is 0 Å². The van der Waals surface area contributed by atoms with Gasteiger partial charge in [-0.2, -0.15) is 0 Å². The molecule has 1 aromatic rings. The highest BCUT2D eigenvalue weighted by Crippen LogP contribution is 2.35. The molecule has 132 valence electrons. The molecule has 0 spiro atoms. The summed E-state index contributed by atoms with van der Waals surface area (Å²) in [6, 6.07) is 8.01. The highest BCUT2D eigenvalue weighted by Gasteiger charge is 2.18. The third-order valence-corrected chi connectivity index (χ3v) is 5.22. The molecule has 1 fully saturated rings. The minimum absolute atomic E-state index is 0.794. The number of rotatable bonds is 5. The fraction of sp³-hybridized carbons (Fsp3) is 0.364. The van der Waals surface area contributed by atoms with E-state index in [1.54, 1.807) is 0 Å². The Morgan fingerprint density at radius 1 is 1.20 bits per heavy atom. The van der Waals surface area contributed by atoms with Crippen LogP contribution in [0.5, 0.6) is 0 Å². The molecule has 2 nitrogen and oxygen atoms in total. The van der Waals surface area contributed by atoms with Crippen molar-refractivity contribution in [3.8, 4) is 0 Å². The fourth-order valence-corrected chi connectivity index (χ4v) is 3.58. The van der Waals surface area contributed by atoms with Crippen LogP contribution < -0.4 is 0 Å². The highest BCUT2D eigenvalue weighted by molar-refractivity contribution is 6.32. The van der Waals surface area contributed by atoms with E-state index < -0.39 is 0 Å². The predicted octanol–water partition coefficient (Wildman–Crippen LogP) is 5.28. The van der Waals surface area contributed by atoms with Crippen molar-refractivity contribution < 1.29 is 4.74 Å². The monoisotopic (exact) mass is 355 g/mol. The van der Waals surface area contributed by atoms with Gasteiger partial charge in [0.2, 0.25) is 0 Å². The number of halogens is 1. The van der Waals surface area contributed by atoms with Crippen LogP contribution in [0.25, 0.3) is 6.08 Å². The van der Waals surface area contributed by atoms with Gasteiger partial charge in [0.1, 0.15) is 0 Å². The van der Waals surface area contributed by atoms with Gasteiger partial charge in [-0.25, -0.2) is 0 Å². The lowest BCUT2D eigenvalue weighted by molar-refractivity contribution is 0.0385. The van der Waals surface area contributed by atoms with Crippen LogP contribution in [0.2, 0.25) is 5.02 Å². The van der Waals surface area contributed by atoms with E-state index in [0.29, 0.717) is 0 Å². The molecule has 0 bridgehead atoms. The Morgan fingerprint density at radius 2 is 1.96 bits per heavy atom. The maximum atomic E-state index is 6.35. The first-order valence-corrected chi connectivity index (χ1v) is 9.38. The quantitative estimate of drug-likeness (QED) is 0.712. The average Bonchev–Trinajstić information content (AvgIpc) is 2.92. The van der Waals surface area contributed by atoms with Gasteiger partial charge in [0.25, 0.3) is 0 Å². The van der Waals surface area contributed by atoms with Gasteiger partial charge in [0, 0.05) is 24.7 Å². The zero-order valence-electron chi connectivity index (χ0n) is 15.1. The summed E-state index contributed by atoms with van der Waals surface area (Å²) in [5.41, 5.74) is 6.43. The third kappa shape index (κ3) is 4.52. The average molecular weight is 356 g/mol. The Balaban J connectivity index is 1.82. The molecule has 0 saturated carbocycles. The number of benzene rings is 1. The summed E-state index contributed by atoms with van der Waals surface area (Å²) in [6.07, 6.45) is 9.92. The van der Waals surface area contributed by atoms with Crippen molar-refractivity contribution in [2.24, 2.45) is 0 Å². The summed E-state index contributed by atoms with van der Waals surface area (Å²) in [7, 11) is 0. The number of morpholine rings is 1. The van der Waals surface area contributed by atoms with E-state index in [0.717, 1.165) is 49.9 Å². The van der Waals surface area contributed by atoms with Crippen LogP contribution in [0.3, 0.4) is 0 Å². The first-order chi connectivity index (χ1) is 12.2. The van der Waals surface area contributed by atoms with Crippen LogP contribution in [0.1, 0.15) is 25.8 Å². The molecule has 0 unspecified atom stereocenters. The molecular formula is C22H26ClNO. The van der Waals surface area contributed by atoms with Crippen molar-refractivity contribution >= 4 is 17.7 Å². The lowest BCUT2D eigenvalue weighted by Gasteiger charge is -2.26. The normalized spacial score (nSPS) is 20.8. The van der Waals surface area contributed by atoms with Crippen LogP contribution >= 0.6 is 11.6 Å². The second-order valence-electron chi connectivity index (χ2n) is 6.53. The second kappa shape index (κ2) is 8.66. The predicted molar refractivity (Wildman–Crippen MR) is 107 cm³/mol. The maximum absolute atomic E-state index is 6.35. The smallest absolute Gasteiger partial charge is 0.0594 e. The van der Waals surface area contributed by atoms with Crippen LogP contribution in [-0.4, -0.2) is 37.7 Å². The lowest BCUT2D eigenvalue weighted by Crippen LogP contribution is -2.36. The van der Waals surface area contributed by atoms with E-state index in [4.69, 9.17) is 16.3 Å². The number of allylic oxidation sites excluding steroid dienone is 6. The summed E-state index contributed by atoms with van der Waals surface area (Å²) < 4.78 is 5.44. The van der Waals surface area contributed by atoms with Gasteiger partial charge >= 0.3 is 0 Å². The van der Waals surface area contributed by atoms with Crippen LogP contribution in [-0.2, 0) is 4.74 Å². The van der Waals surface area contributed by atoms with Crippen molar-refractivity contribution in [1.29, 1.82) is 0 Å². The van der Waals surface area contributed by atoms with Crippen molar-refractivity contribution in [3.63, 3.8) is 0 Å². The van der Waals surface area contributed by atoms with Gasteiger partial charge in [-0.05, 0) is 60.3 Å². The van der Waals surface area contributed by atoms with E-state index in [2.05, 4.69) is 49.1 Å². The molecule has 3 heteroatoms. The Morgan fingerprint density at radius 3 is 2.68 bits per heavy atom. The Kier molecular flexibility index (Phi) is 6.30. The Labute approximate surface area is 156 Å². The molecule has 0 atom stereocenters. The molecule has 1 saturated heterocycles. The van der Waals surface area contributed by atoms with Gasteiger partial charge in [-0.1, -0.05) is 48.0 Å². The van der Waals surface area contributed by atoms with Gasteiger partial charge in [0.15, 0.2) is 0 Å². The van der Waals surface area contributed by atoms with Crippen molar-refractivity contribution in [1.82, 2.24) is 4.90 Å². The molecule has 2 aliphatic rings. The molecule has 0 aromatic heterocycles. The van der Waals surface area contributed by atoms with Gasteiger partial charge in [0.05, 0.1) is 13.2 Å². The van der Waals surface area contributed by atoms with Gasteiger partial charge in [-0.3, -0.25) is 4.90 Å². The molecule has 1 aliphatic heterocycles. The van der Waals surface area contributed by atoms with E-state index in [1.807, 2.05) is 18.2 Å². The fourth-order valence-electron chi connectivity index (χ4n) is 3.39. The second-order valence-corrected chi connectivity index (χ2v) is 6.94. The number of nitrogens with zero attached hydrogens (tertiary/aromatic N) is 1. The standard InChI is InChI=1S/C22H26ClNO/c1-3-6-21-17(2)18(9-10-24-11-13-25-14-12-24)15-20(21)16-19-7-4-5-8-22(19)23/h3-8,15-16H,9-14H2,1-2H3. The zero-order valence-corrected chi connectivity index (χ0v) is 15.9. The van der Waals surface area contributed by atoms with Crippen LogP contribution in [0.15, 0.2) is 64.8 Å². The summed E-state index contributed by atoms with van der Waals surface area (Å²) >= 11 is 6.35. The SMILES string of the molecule is CC=CC1=C(C)C(CCN2CCOCC2)=CC1=Cc1ccccc1Cl. The molecule has 1 aliphatic carbocycles. The number of hydrogen-bond donors (Lipinski definition) is 0. The van der Waals surface area contributed by atoms with Crippen molar-refractivity contribution in [2.75, 3.05) is 32.8 Å². The minimum Gasteiger partial charge on any atom is -0.379 e. The van der Waals surface area contributed by atoms with Crippen molar-refractivity contribution in [2.45, 2.75) is 20.3 Å². The summed E-state index contributed by atoms with van der Waals surface area (Å²) in [5.74, 6) is 0. The van der Waals surface area contributed by atoms with E-state index in [-0.39, 0.29) is 0 Å². The summed E-state index contributed by atoms with van der Waals surface area (Å²) in [6.45, 7) is 9.19. The molecule has 3 rings (SSSR count). The zero-order chi connectivity index (χ0) is 17.6. The summed E-state index contributed by atoms with van der Waals surface area (Å²) in [5, 5.41) is 0.794. The maximum Gasteiger partial charge on any atom is 0.0594 e. The molecule has 1 aromatic carbocycles. The molecule has 25 heavy (non-hydrogen) atoms. The van der Waals surface area contributed by atoms with E-state index in [9.17, 15) is 0 Å². The van der Waals surface area contributed by atoms with Crippen LogP contribution in [0.4, 0.5) is 0 Å². The van der Waals surface area contributed by atoms with E-state index >= 15 is 0 Å². The molecule has 0 radical (unpaired) electrons. The minimum atomic E-state index is 0.794. The number of hydrogen-bond acceptors (Lipinski definition) is 2. The third-order valence-electron chi connectivity index (χ3n) is 4.88. The molecule has 0 amide bonds. The topological polar surface area (TPSA) is 12.5 Å². The first-order valence-electron chi connectivity index (χ1n) is 9.00. The van der Waals surface area contributed by atoms with E-state index in [1.165, 1.54) is 22.3 Å². The van der Waals surface area contributed by atoms with Crippen molar-refractivity contribution in [3.05, 3.63) is 75.4 Å².